The number of carbonyl (C=O) groups is 2. The van der Waals surface area contributed by atoms with Crippen LogP contribution in [0.3, 0.4) is 0 Å². The lowest BCUT2D eigenvalue weighted by Gasteiger charge is -2.37. The minimum absolute atomic E-state index is 0.0124. The van der Waals surface area contributed by atoms with Crippen molar-refractivity contribution < 1.29 is 14.3 Å². The van der Waals surface area contributed by atoms with Crippen LogP contribution in [0.15, 0.2) is 15.9 Å². The van der Waals surface area contributed by atoms with Gasteiger partial charge in [0.15, 0.2) is 0 Å². The van der Waals surface area contributed by atoms with Crippen molar-refractivity contribution in [2.45, 2.75) is 33.4 Å². The van der Waals surface area contributed by atoms with E-state index < -0.39 is 12.1 Å². The molecule has 140 valence electrons. The van der Waals surface area contributed by atoms with Crippen molar-refractivity contribution in [3.05, 3.63) is 20.8 Å². The highest BCUT2D eigenvalue weighted by atomic mass is 79.9. The Balaban J connectivity index is 1.86. The van der Waals surface area contributed by atoms with Crippen LogP contribution in [-0.2, 0) is 16.1 Å². The molecule has 6 nitrogen and oxygen atoms in total. The van der Waals surface area contributed by atoms with Crippen LogP contribution in [0.25, 0.3) is 0 Å². The van der Waals surface area contributed by atoms with Gasteiger partial charge in [-0.3, -0.25) is 9.69 Å². The summed E-state index contributed by atoms with van der Waals surface area (Å²) in [5.41, 5.74) is 0. The third kappa shape index (κ3) is 5.97. The molecule has 1 aliphatic heterocycles. The maximum atomic E-state index is 12.8. The molecule has 2 amide bonds. The van der Waals surface area contributed by atoms with E-state index in [9.17, 15) is 9.59 Å². The second-order valence-corrected chi connectivity index (χ2v) is 8.94. The van der Waals surface area contributed by atoms with E-state index in [-0.39, 0.29) is 11.8 Å². The summed E-state index contributed by atoms with van der Waals surface area (Å²) in [5.74, 6) is -0.0139. The van der Waals surface area contributed by atoms with Gasteiger partial charge in [-0.2, -0.15) is 0 Å². The number of hydrogen-bond donors (Lipinski definition) is 1. The maximum absolute atomic E-state index is 12.8. The summed E-state index contributed by atoms with van der Waals surface area (Å²) in [6, 6.07) is 3.65. The van der Waals surface area contributed by atoms with E-state index in [0.717, 1.165) is 23.4 Å². The van der Waals surface area contributed by atoms with Crippen LogP contribution < -0.4 is 5.32 Å². The van der Waals surface area contributed by atoms with Gasteiger partial charge in [0.1, 0.15) is 6.04 Å². The lowest BCUT2D eigenvalue weighted by Crippen LogP contribution is -2.56. The third-order valence-electron chi connectivity index (χ3n) is 4.17. The first-order valence-corrected chi connectivity index (χ1v) is 10.2. The second kappa shape index (κ2) is 9.54. The molecule has 1 aliphatic rings. The van der Waals surface area contributed by atoms with Crippen molar-refractivity contribution in [3.63, 3.8) is 0 Å². The predicted molar refractivity (Wildman–Crippen MR) is 103 cm³/mol. The summed E-state index contributed by atoms with van der Waals surface area (Å²) in [6.07, 6.45) is -0.531. The molecule has 0 aromatic carbocycles. The molecule has 1 saturated heterocycles. The fourth-order valence-corrected chi connectivity index (χ4v) is 4.32. The van der Waals surface area contributed by atoms with Gasteiger partial charge in [-0.05, 0) is 40.9 Å². The summed E-state index contributed by atoms with van der Waals surface area (Å²) in [5, 5.41) is 2.70. The fourth-order valence-electron chi connectivity index (χ4n) is 2.79. The number of halogens is 1. The van der Waals surface area contributed by atoms with Gasteiger partial charge < -0.3 is 15.0 Å². The molecule has 1 fully saturated rings. The Hall–Kier alpha value is -1.12. The molecule has 1 aromatic rings. The zero-order valence-corrected chi connectivity index (χ0v) is 17.4. The number of nitrogens with zero attached hydrogens (tertiary/aromatic N) is 2. The summed E-state index contributed by atoms with van der Waals surface area (Å²) in [4.78, 5) is 30.0. The van der Waals surface area contributed by atoms with Crippen molar-refractivity contribution in [1.29, 1.82) is 0 Å². The van der Waals surface area contributed by atoms with Crippen molar-refractivity contribution >= 4 is 39.3 Å². The number of thiophene rings is 1. The summed E-state index contributed by atoms with van der Waals surface area (Å²) in [6.45, 7) is 9.85. The SMILES string of the molecule is CCOC(=O)NC(C(=O)N1CCN(Cc2ccc(Br)s2)CC1)C(C)C. The molecule has 0 radical (unpaired) electrons. The van der Waals surface area contributed by atoms with Gasteiger partial charge in [0, 0.05) is 37.6 Å². The number of piperazine rings is 1. The van der Waals surface area contributed by atoms with Crippen LogP contribution in [-0.4, -0.2) is 60.6 Å². The van der Waals surface area contributed by atoms with Crippen LogP contribution in [0.2, 0.25) is 0 Å². The van der Waals surface area contributed by atoms with E-state index in [4.69, 9.17) is 4.74 Å². The van der Waals surface area contributed by atoms with E-state index in [1.54, 1.807) is 18.3 Å². The van der Waals surface area contributed by atoms with Gasteiger partial charge in [0.2, 0.25) is 5.91 Å². The van der Waals surface area contributed by atoms with E-state index in [0.29, 0.717) is 19.7 Å². The summed E-state index contributed by atoms with van der Waals surface area (Å²) < 4.78 is 6.05. The Bertz CT molecular complexity index is 585. The van der Waals surface area contributed by atoms with Gasteiger partial charge in [-0.1, -0.05) is 13.8 Å². The van der Waals surface area contributed by atoms with E-state index in [1.165, 1.54) is 4.88 Å². The van der Waals surface area contributed by atoms with E-state index in [1.807, 2.05) is 18.7 Å². The molecule has 1 atom stereocenters. The molecular formula is C17H26BrN3O3S. The first-order valence-electron chi connectivity index (χ1n) is 8.59. The number of hydrogen-bond acceptors (Lipinski definition) is 5. The van der Waals surface area contributed by atoms with Crippen LogP contribution in [0, 0.1) is 5.92 Å². The smallest absolute Gasteiger partial charge is 0.407 e. The van der Waals surface area contributed by atoms with E-state index in [2.05, 4.69) is 38.3 Å². The Morgan fingerprint density at radius 3 is 2.48 bits per heavy atom. The molecular weight excluding hydrogens is 406 g/mol. The van der Waals surface area contributed by atoms with Gasteiger partial charge in [0.25, 0.3) is 0 Å². The molecule has 1 unspecified atom stereocenters. The molecule has 0 bridgehead atoms. The molecule has 2 rings (SSSR count). The van der Waals surface area contributed by atoms with Crippen LogP contribution in [0.1, 0.15) is 25.6 Å². The number of ether oxygens (including phenoxy) is 1. The molecule has 1 N–H and O–H groups in total. The normalized spacial score (nSPS) is 16.8. The van der Waals surface area contributed by atoms with Crippen molar-refractivity contribution in [2.24, 2.45) is 5.92 Å². The standard InChI is InChI=1S/C17H26BrN3O3S/c1-4-24-17(23)19-15(12(2)3)16(22)21-9-7-20(8-10-21)11-13-5-6-14(18)25-13/h5-6,12,15H,4,7-11H2,1-3H3,(H,19,23). The fraction of sp³-hybridized carbons (Fsp3) is 0.647. The van der Waals surface area contributed by atoms with Gasteiger partial charge in [-0.25, -0.2) is 4.79 Å². The first-order chi connectivity index (χ1) is 11.9. The van der Waals surface area contributed by atoms with Crippen LogP contribution in [0.4, 0.5) is 4.79 Å². The summed E-state index contributed by atoms with van der Waals surface area (Å²) >= 11 is 5.23. The first kappa shape index (κ1) is 20.2. The topological polar surface area (TPSA) is 61.9 Å². The molecule has 0 spiro atoms. The molecule has 0 aliphatic carbocycles. The molecule has 2 heterocycles. The minimum atomic E-state index is -0.543. The van der Waals surface area contributed by atoms with Gasteiger partial charge in [0.05, 0.1) is 10.4 Å². The Labute approximate surface area is 161 Å². The van der Waals surface area contributed by atoms with Gasteiger partial charge >= 0.3 is 6.09 Å². The Morgan fingerprint density at radius 2 is 1.96 bits per heavy atom. The molecule has 1 aromatic heterocycles. The van der Waals surface area contributed by atoms with Gasteiger partial charge in [-0.15, -0.1) is 11.3 Å². The van der Waals surface area contributed by atoms with Crippen LogP contribution in [0.5, 0.6) is 0 Å². The lowest BCUT2D eigenvalue weighted by molar-refractivity contribution is -0.136. The highest BCUT2D eigenvalue weighted by Gasteiger charge is 2.31. The lowest BCUT2D eigenvalue weighted by atomic mass is 10.0. The number of alkyl carbamates (subject to hydrolysis) is 1. The summed E-state index contributed by atoms with van der Waals surface area (Å²) in [7, 11) is 0. The van der Waals surface area contributed by atoms with Crippen molar-refractivity contribution in [1.82, 2.24) is 15.1 Å². The van der Waals surface area contributed by atoms with Crippen molar-refractivity contribution in [2.75, 3.05) is 32.8 Å². The quantitative estimate of drug-likeness (QED) is 0.751. The average molecular weight is 432 g/mol. The zero-order chi connectivity index (χ0) is 18.4. The monoisotopic (exact) mass is 431 g/mol. The molecule has 8 heteroatoms. The number of rotatable bonds is 6. The maximum Gasteiger partial charge on any atom is 0.407 e. The number of carbonyl (C=O) groups excluding carboxylic acids is 2. The predicted octanol–water partition coefficient (Wildman–Crippen LogP) is 2.93. The average Bonchev–Trinajstić information content (AvgIpc) is 2.97. The zero-order valence-electron chi connectivity index (χ0n) is 15.0. The minimum Gasteiger partial charge on any atom is -0.450 e. The Kier molecular flexibility index (Phi) is 7.71. The highest BCUT2D eigenvalue weighted by Crippen LogP contribution is 2.23. The molecule has 25 heavy (non-hydrogen) atoms. The molecule has 0 saturated carbocycles. The highest BCUT2D eigenvalue weighted by molar-refractivity contribution is 9.11. The second-order valence-electron chi connectivity index (χ2n) is 6.39. The van der Waals surface area contributed by atoms with Crippen LogP contribution >= 0.6 is 27.3 Å². The number of amides is 2. The van der Waals surface area contributed by atoms with E-state index >= 15 is 0 Å². The Morgan fingerprint density at radius 1 is 1.28 bits per heavy atom. The number of nitrogens with one attached hydrogen (secondary N) is 1. The third-order valence-corrected chi connectivity index (χ3v) is 5.78. The largest absolute Gasteiger partial charge is 0.450 e. The van der Waals surface area contributed by atoms with Crippen molar-refractivity contribution in [3.8, 4) is 0 Å².